The molecule has 5 nitrogen and oxygen atoms in total. The molecule has 3 N–H and O–H groups in total. The fourth-order valence-electron chi connectivity index (χ4n) is 2.51. The SMILES string of the molecule is Cc1cc(Br)c(NS(=O)(=O)N2CCCCC2CN)c(Br)c1. The first-order valence-electron chi connectivity index (χ1n) is 6.80. The molecular formula is C13H19Br2N3O2S. The second-order valence-corrected chi connectivity index (χ2v) is 8.54. The van der Waals surface area contributed by atoms with Crippen molar-refractivity contribution in [1.82, 2.24) is 4.31 Å². The quantitative estimate of drug-likeness (QED) is 0.755. The molecule has 0 aromatic heterocycles. The summed E-state index contributed by atoms with van der Waals surface area (Å²) in [5.74, 6) is 0. The third-order valence-corrected chi connectivity index (χ3v) is 6.38. The predicted octanol–water partition coefficient (Wildman–Crippen LogP) is 2.99. The van der Waals surface area contributed by atoms with E-state index in [1.54, 1.807) is 0 Å². The molecular weight excluding hydrogens is 422 g/mol. The Morgan fingerprint density at radius 2 is 1.95 bits per heavy atom. The van der Waals surface area contributed by atoms with Gasteiger partial charge in [-0.15, -0.1) is 0 Å². The summed E-state index contributed by atoms with van der Waals surface area (Å²) in [4.78, 5) is 0. The van der Waals surface area contributed by atoms with Crippen molar-refractivity contribution >= 4 is 47.8 Å². The summed E-state index contributed by atoms with van der Waals surface area (Å²) >= 11 is 6.81. The minimum atomic E-state index is -3.61. The zero-order chi connectivity index (χ0) is 15.6. The van der Waals surface area contributed by atoms with Crippen LogP contribution in [-0.2, 0) is 10.2 Å². The molecule has 8 heteroatoms. The van der Waals surface area contributed by atoms with Gasteiger partial charge in [0.25, 0.3) is 0 Å². The normalized spacial score (nSPS) is 20.5. The van der Waals surface area contributed by atoms with E-state index < -0.39 is 10.2 Å². The number of halogens is 2. The first kappa shape index (κ1) is 17.2. The Kier molecular flexibility index (Phi) is 5.70. The third-order valence-electron chi connectivity index (χ3n) is 3.57. The van der Waals surface area contributed by atoms with Crippen LogP contribution >= 0.6 is 31.9 Å². The largest absolute Gasteiger partial charge is 0.329 e. The summed E-state index contributed by atoms with van der Waals surface area (Å²) < 4.78 is 30.8. The van der Waals surface area contributed by atoms with Crippen molar-refractivity contribution in [2.75, 3.05) is 17.8 Å². The Hall–Kier alpha value is -0.150. The third kappa shape index (κ3) is 3.98. The fourth-order valence-corrected chi connectivity index (χ4v) is 5.94. The van der Waals surface area contributed by atoms with Crippen molar-refractivity contribution in [1.29, 1.82) is 0 Å². The maximum absolute atomic E-state index is 12.6. The van der Waals surface area contributed by atoms with Crippen LogP contribution in [-0.4, -0.2) is 31.9 Å². The summed E-state index contributed by atoms with van der Waals surface area (Å²) in [5, 5.41) is 0. The molecule has 0 bridgehead atoms. The summed E-state index contributed by atoms with van der Waals surface area (Å²) in [6.45, 7) is 2.80. The van der Waals surface area contributed by atoms with Crippen LogP contribution in [0.2, 0.25) is 0 Å². The lowest BCUT2D eigenvalue weighted by molar-refractivity contribution is 0.259. The van der Waals surface area contributed by atoms with Gasteiger partial charge in [0.05, 0.1) is 5.69 Å². The van der Waals surface area contributed by atoms with E-state index >= 15 is 0 Å². The Bertz CT molecular complexity index is 599. The lowest BCUT2D eigenvalue weighted by Crippen LogP contribution is -2.49. The minimum absolute atomic E-state index is 0.126. The number of nitrogens with one attached hydrogen (secondary N) is 1. The topological polar surface area (TPSA) is 75.4 Å². The van der Waals surface area contributed by atoms with Gasteiger partial charge in [0, 0.05) is 28.1 Å². The number of piperidine rings is 1. The first-order valence-corrected chi connectivity index (χ1v) is 9.83. The molecule has 21 heavy (non-hydrogen) atoms. The van der Waals surface area contributed by atoms with Gasteiger partial charge in [0.1, 0.15) is 0 Å². The molecule has 118 valence electrons. The molecule has 2 rings (SSSR count). The highest BCUT2D eigenvalue weighted by atomic mass is 79.9. The highest BCUT2D eigenvalue weighted by Gasteiger charge is 2.32. The molecule has 1 aromatic rings. The van der Waals surface area contributed by atoms with Crippen LogP contribution in [0.25, 0.3) is 0 Å². The molecule has 1 unspecified atom stereocenters. The van der Waals surface area contributed by atoms with Gasteiger partial charge in [-0.05, 0) is 69.3 Å². The smallest absolute Gasteiger partial charge is 0.302 e. The van der Waals surface area contributed by atoms with Crippen LogP contribution in [0.15, 0.2) is 21.1 Å². The molecule has 0 aliphatic carbocycles. The van der Waals surface area contributed by atoms with Gasteiger partial charge in [-0.25, -0.2) is 0 Å². The molecule has 0 saturated carbocycles. The van der Waals surface area contributed by atoms with Gasteiger partial charge in [-0.3, -0.25) is 4.72 Å². The maximum Gasteiger partial charge on any atom is 0.302 e. The number of hydrogen-bond donors (Lipinski definition) is 2. The summed E-state index contributed by atoms with van der Waals surface area (Å²) in [5.41, 5.74) is 7.26. The van der Waals surface area contributed by atoms with Crippen LogP contribution in [0.5, 0.6) is 0 Å². The zero-order valence-electron chi connectivity index (χ0n) is 11.8. The van der Waals surface area contributed by atoms with Crippen molar-refractivity contribution in [2.45, 2.75) is 32.2 Å². The molecule has 0 spiro atoms. The number of rotatable bonds is 4. The Morgan fingerprint density at radius 1 is 1.33 bits per heavy atom. The number of anilines is 1. The van der Waals surface area contributed by atoms with E-state index in [-0.39, 0.29) is 6.04 Å². The van der Waals surface area contributed by atoms with E-state index in [0.29, 0.717) is 27.7 Å². The average molecular weight is 441 g/mol. The summed E-state index contributed by atoms with van der Waals surface area (Å²) in [6, 6.07) is 3.62. The van der Waals surface area contributed by atoms with Gasteiger partial charge >= 0.3 is 10.2 Å². The molecule has 1 saturated heterocycles. The lowest BCUT2D eigenvalue weighted by Gasteiger charge is -2.34. The summed E-state index contributed by atoms with van der Waals surface area (Å²) in [6.07, 6.45) is 2.70. The van der Waals surface area contributed by atoms with Crippen LogP contribution in [0.1, 0.15) is 24.8 Å². The summed E-state index contributed by atoms with van der Waals surface area (Å²) in [7, 11) is -3.61. The van der Waals surface area contributed by atoms with Gasteiger partial charge in [0.2, 0.25) is 0 Å². The maximum atomic E-state index is 12.6. The molecule has 1 heterocycles. The molecule has 1 aliphatic rings. The monoisotopic (exact) mass is 439 g/mol. The predicted molar refractivity (Wildman–Crippen MR) is 92.5 cm³/mol. The lowest BCUT2D eigenvalue weighted by atomic mass is 10.1. The second-order valence-electron chi connectivity index (χ2n) is 5.21. The molecule has 0 radical (unpaired) electrons. The van der Waals surface area contributed by atoms with Crippen molar-refractivity contribution in [3.05, 3.63) is 26.6 Å². The van der Waals surface area contributed by atoms with Crippen LogP contribution in [0, 0.1) is 6.92 Å². The van der Waals surface area contributed by atoms with E-state index in [0.717, 1.165) is 24.8 Å². The van der Waals surface area contributed by atoms with Gasteiger partial charge < -0.3 is 5.73 Å². The number of hydrogen-bond acceptors (Lipinski definition) is 3. The van der Waals surface area contributed by atoms with Crippen molar-refractivity contribution < 1.29 is 8.42 Å². The minimum Gasteiger partial charge on any atom is -0.329 e. The van der Waals surface area contributed by atoms with Crippen molar-refractivity contribution in [2.24, 2.45) is 5.73 Å². The van der Waals surface area contributed by atoms with Crippen LogP contribution < -0.4 is 10.5 Å². The molecule has 1 atom stereocenters. The number of aryl methyl sites for hydroxylation is 1. The Labute approximate surface area is 142 Å². The molecule has 1 aromatic carbocycles. The van der Waals surface area contributed by atoms with Crippen molar-refractivity contribution in [3.8, 4) is 0 Å². The first-order chi connectivity index (χ1) is 9.85. The van der Waals surface area contributed by atoms with Crippen LogP contribution in [0.4, 0.5) is 5.69 Å². The molecule has 1 fully saturated rings. The van der Waals surface area contributed by atoms with E-state index in [1.165, 1.54) is 4.31 Å². The fraction of sp³-hybridized carbons (Fsp3) is 0.538. The second kappa shape index (κ2) is 6.95. The molecule has 1 aliphatic heterocycles. The Balaban J connectivity index is 2.29. The van der Waals surface area contributed by atoms with E-state index in [1.807, 2.05) is 19.1 Å². The van der Waals surface area contributed by atoms with Gasteiger partial charge in [0.15, 0.2) is 0 Å². The highest BCUT2D eigenvalue weighted by molar-refractivity contribution is 9.11. The van der Waals surface area contributed by atoms with Crippen molar-refractivity contribution in [3.63, 3.8) is 0 Å². The van der Waals surface area contributed by atoms with Gasteiger partial charge in [-0.1, -0.05) is 6.42 Å². The standard InChI is InChI=1S/C13H19Br2N3O2S/c1-9-6-11(14)13(12(15)7-9)17-21(19,20)18-5-3-2-4-10(18)8-16/h6-7,10,17H,2-5,8,16H2,1H3. The number of nitrogens with zero attached hydrogens (tertiary/aromatic N) is 1. The molecule has 0 amide bonds. The van der Waals surface area contributed by atoms with Gasteiger partial charge in [-0.2, -0.15) is 12.7 Å². The van der Waals surface area contributed by atoms with E-state index in [9.17, 15) is 8.42 Å². The van der Waals surface area contributed by atoms with E-state index in [2.05, 4.69) is 36.6 Å². The van der Waals surface area contributed by atoms with E-state index in [4.69, 9.17) is 5.73 Å². The zero-order valence-corrected chi connectivity index (χ0v) is 15.8. The number of benzene rings is 1. The number of nitrogens with two attached hydrogens (primary N) is 1. The highest BCUT2D eigenvalue weighted by Crippen LogP contribution is 2.34. The van der Waals surface area contributed by atoms with Crippen LogP contribution in [0.3, 0.4) is 0 Å². The Morgan fingerprint density at radius 3 is 2.52 bits per heavy atom. The average Bonchev–Trinajstić information content (AvgIpc) is 2.43.